The van der Waals surface area contributed by atoms with Crippen molar-refractivity contribution in [2.75, 3.05) is 0 Å². The van der Waals surface area contributed by atoms with Crippen molar-refractivity contribution in [3.63, 3.8) is 0 Å². The summed E-state index contributed by atoms with van der Waals surface area (Å²) < 4.78 is 7.18. The van der Waals surface area contributed by atoms with Crippen molar-refractivity contribution >= 4 is 6.09 Å². The van der Waals surface area contributed by atoms with Crippen molar-refractivity contribution in [3.05, 3.63) is 72.4 Å². The molecule has 1 atom stereocenters. The fraction of sp³-hybridized carbons (Fsp3) is 0.318. The van der Waals surface area contributed by atoms with Crippen molar-refractivity contribution in [2.45, 2.75) is 45.4 Å². The van der Waals surface area contributed by atoms with Crippen molar-refractivity contribution < 1.29 is 9.53 Å². The largest absolute Gasteiger partial charge is 0.444 e. The summed E-state index contributed by atoms with van der Waals surface area (Å²) in [6.07, 6.45) is 2.13. The number of hydrogen-bond donors (Lipinski definition) is 1. The molecule has 0 saturated heterocycles. The first kappa shape index (κ1) is 19.6. The number of benzene rings is 2. The molecule has 3 aromatic rings. The third-order valence-electron chi connectivity index (χ3n) is 4.06. The van der Waals surface area contributed by atoms with Gasteiger partial charge in [-0.3, -0.25) is 0 Å². The number of amides is 1. The van der Waals surface area contributed by atoms with Crippen molar-refractivity contribution in [1.29, 1.82) is 0 Å². The number of hydrogen-bond acceptors (Lipinski definition) is 4. The van der Waals surface area contributed by atoms with Crippen LogP contribution in [0.3, 0.4) is 0 Å². The van der Waals surface area contributed by atoms with Gasteiger partial charge in [-0.2, -0.15) is 0 Å². The highest BCUT2D eigenvalue weighted by atomic mass is 16.6. The fourth-order valence-corrected chi connectivity index (χ4v) is 2.89. The van der Waals surface area contributed by atoms with Crippen LogP contribution in [0.4, 0.5) is 4.79 Å². The van der Waals surface area contributed by atoms with Gasteiger partial charge in [-0.25, -0.2) is 9.48 Å². The molecular weight excluding hydrogens is 352 g/mol. The topological polar surface area (TPSA) is 69.0 Å². The van der Waals surface area contributed by atoms with Gasteiger partial charge in [0.25, 0.3) is 0 Å². The van der Waals surface area contributed by atoms with Crippen LogP contribution in [0.25, 0.3) is 11.3 Å². The monoisotopic (exact) mass is 378 g/mol. The van der Waals surface area contributed by atoms with Crippen molar-refractivity contribution in [1.82, 2.24) is 20.3 Å². The van der Waals surface area contributed by atoms with Gasteiger partial charge in [-0.1, -0.05) is 65.9 Å². The zero-order valence-electron chi connectivity index (χ0n) is 16.5. The summed E-state index contributed by atoms with van der Waals surface area (Å²) in [5.74, 6) is 0. The fourth-order valence-electron chi connectivity index (χ4n) is 2.89. The highest BCUT2D eigenvalue weighted by Gasteiger charge is 2.20. The molecule has 0 spiro atoms. The Morgan fingerprint density at radius 3 is 2.36 bits per heavy atom. The Morgan fingerprint density at radius 2 is 1.71 bits per heavy atom. The van der Waals surface area contributed by atoms with Gasteiger partial charge in [0.15, 0.2) is 0 Å². The number of alkyl carbamates (subject to hydrolysis) is 1. The Hall–Kier alpha value is -3.15. The number of rotatable bonds is 6. The van der Waals surface area contributed by atoms with E-state index in [1.165, 1.54) is 0 Å². The molecule has 146 valence electrons. The molecule has 0 unspecified atom stereocenters. The van der Waals surface area contributed by atoms with E-state index >= 15 is 0 Å². The highest BCUT2D eigenvalue weighted by Crippen LogP contribution is 2.15. The van der Waals surface area contributed by atoms with Crippen LogP contribution in [0.1, 0.15) is 26.3 Å². The van der Waals surface area contributed by atoms with Crippen LogP contribution < -0.4 is 5.32 Å². The average molecular weight is 378 g/mol. The molecule has 6 nitrogen and oxygen atoms in total. The Morgan fingerprint density at radius 1 is 1.07 bits per heavy atom. The van der Waals surface area contributed by atoms with Gasteiger partial charge in [-0.15, -0.1) is 5.10 Å². The van der Waals surface area contributed by atoms with E-state index in [0.29, 0.717) is 13.0 Å². The number of nitrogens with one attached hydrogen (secondary N) is 1. The second-order valence-corrected chi connectivity index (χ2v) is 7.72. The predicted octanol–water partition coefficient (Wildman–Crippen LogP) is 4.08. The van der Waals surface area contributed by atoms with Gasteiger partial charge in [0.1, 0.15) is 11.3 Å². The minimum atomic E-state index is -0.547. The van der Waals surface area contributed by atoms with E-state index in [-0.39, 0.29) is 6.04 Å². The van der Waals surface area contributed by atoms with Gasteiger partial charge in [-0.05, 0) is 32.8 Å². The molecule has 6 heteroatoms. The number of carbonyl (C=O) groups is 1. The highest BCUT2D eigenvalue weighted by molar-refractivity contribution is 5.68. The van der Waals surface area contributed by atoms with Gasteiger partial charge < -0.3 is 10.1 Å². The molecule has 0 aliphatic heterocycles. The standard InChI is InChI=1S/C22H26N4O2/c1-22(2,3)28-21(27)23-19(14-17-10-6-4-7-11-17)15-26-16-20(24-25-26)18-12-8-5-9-13-18/h4-13,16,19H,14-15H2,1-3H3,(H,23,27)/t19-/m1/s1. The summed E-state index contributed by atoms with van der Waals surface area (Å²) in [5, 5.41) is 11.5. The molecule has 3 rings (SSSR count). The van der Waals surface area contributed by atoms with Crippen LogP contribution in [0.15, 0.2) is 66.9 Å². The second kappa shape index (κ2) is 8.69. The smallest absolute Gasteiger partial charge is 0.407 e. The average Bonchev–Trinajstić information content (AvgIpc) is 3.10. The van der Waals surface area contributed by atoms with Gasteiger partial charge in [0.05, 0.1) is 18.8 Å². The second-order valence-electron chi connectivity index (χ2n) is 7.72. The molecule has 0 aliphatic rings. The molecule has 0 fully saturated rings. The van der Waals surface area contributed by atoms with Crippen molar-refractivity contribution in [2.24, 2.45) is 0 Å². The van der Waals surface area contributed by atoms with E-state index in [1.54, 1.807) is 4.68 Å². The maximum Gasteiger partial charge on any atom is 0.407 e. The van der Waals surface area contributed by atoms with Crippen LogP contribution in [0.5, 0.6) is 0 Å². The lowest BCUT2D eigenvalue weighted by Crippen LogP contribution is -2.42. The summed E-state index contributed by atoms with van der Waals surface area (Å²) in [6, 6.07) is 19.8. The maximum atomic E-state index is 12.3. The van der Waals surface area contributed by atoms with E-state index in [0.717, 1.165) is 16.8 Å². The molecule has 28 heavy (non-hydrogen) atoms. The van der Waals surface area contributed by atoms with Crippen molar-refractivity contribution in [3.8, 4) is 11.3 Å². The first-order chi connectivity index (χ1) is 13.4. The van der Waals surface area contributed by atoms with Crippen LogP contribution in [0, 0.1) is 0 Å². The van der Waals surface area contributed by atoms with Gasteiger partial charge >= 0.3 is 6.09 Å². The molecule has 0 saturated carbocycles. The molecule has 0 aliphatic carbocycles. The Kier molecular flexibility index (Phi) is 6.09. The minimum absolute atomic E-state index is 0.178. The number of nitrogens with zero attached hydrogens (tertiary/aromatic N) is 3. The Balaban J connectivity index is 1.73. The van der Waals surface area contributed by atoms with Gasteiger partial charge in [0, 0.05) is 5.56 Å². The molecule has 0 bridgehead atoms. The lowest BCUT2D eigenvalue weighted by atomic mass is 10.1. The zero-order chi connectivity index (χ0) is 20.0. The summed E-state index contributed by atoms with van der Waals surface area (Å²) in [6.45, 7) is 6.04. The van der Waals surface area contributed by atoms with Crippen LogP contribution >= 0.6 is 0 Å². The summed E-state index contributed by atoms with van der Waals surface area (Å²) in [5.41, 5.74) is 2.39. The SMILES string of the molecule is CC(C)(C)OC(=O)N[C@H](Cc1ccccc1)Cn1cc(-c2ccccc2)nn1. The third-order valence-corrected chi connectivity index (χ3v) is 4.06. The van der Waals surface area contributed by atoms with E-state index < -0.39 is 11.7 Å². The van der Waals surface area contributed by atoms with Crippen LogP contribution in [-0.4, -0.2) is 32.7 Å². The molecule has 2 aromatic carbocycles. The Bertz CT molecular complexity index is 886. The molecular formula is C22H26N4O2. The number of aromatic nitrogens is 3. The summed E-state index contributed by atoms with van der Waals surface area (Å²) in [4.78, 5) is 12.3. The van der Waals surface area contributed by atoms with Crippen LogP contribution in [0.2, 0.25) is 0 Å². The van der Waals surface area contributed by atoms with Gasteiger partial charge in [0.2, 0.25) is 0 Å². The zero-order valence-corrected chi connectivity index (χ0v) is 16.5. The lowest BCUT2D eigenvalue weighted by Gasteiger charge is -2.23. The quantitative estimate of drug-likeness (QED) is 0.702. The van der Waals surface area contributed by atoms with E-state index in [4.69, 9.17) is 4.74 Å². The van der Waals surface area contributed by atoms with Crippen LogP contribution in [-0.2, 0) is 17.7 Å². The summed E-state index contributed by atoms with van der Waals surface area (Å²) >= 11 is 0. The predicted molar refractivity (Wildman–Crippen MR) is 109 cm³/mol. The first-order valence-electron chi connectivity index (χ1n) is 9.38. The Labute approximate surface area is 165 Å². The van der Waals surface area contributed by atoms with E-state index in [2.05, 4.69) is 15.6 Å². The number of carbonyl (C=O) groups excluding carboxylic acids is 1. The molecule has 1 heterocycles. The third kappa shape index (κ3) is 5.94. The van der Waals surface area contributed by atoms with E-state index in [1.807, 2.05) is 87.6 Å². The number of ether oxygens (including phenoxy) is 1. The molecule has 1 aromatic heterocycles. The molecule has 1 N–H and O–H groups in total. The minimum Gasteiger partial charge on any atom is -0.444 e. The summed E-state index contributed by atoms with van der Waals surface area (Å²) in [7, 11) is 0. The van der Waals surface area contributed by atoms with E-state index in [9.17, 15) is 4.79 Å². The molecule has 1 amide bonds. The first-order valence-corrected chi connectivity index (χ1v) is 9.38. The normalized spacial score (nSPS) is 12.4. The maximum absolute atomic E-state index is 12.3. The lowest BCUT2D eigenvalue weighted by molar-refractivity contribution is 0.0498. The molecule has 0 radical (unpaired) electrons.